The molecule has 0 radical (unpaired) electrons. The highest BCUT2D eigenvalue weighted by Crippen LogP contribution is 2.28. The van der Waals surface area contributed by atoms with Gasteiger partial charge in [0.15, 0.2) is 0 Å². The minimum atomic E-state index is 0.297. The molecule has 0 amide bonds. The molecule has 1 unspecified atom stereocenters. The van der Waals surface area contributed by atoms with Gasteiger partial charge in [-0.1, -0.05) is 0 Å². The van der Waals surface area contributed by atoms with Crippen LogP contribution in [0.15, 0.2) is 30.5 Å². The third-order valence-corrected chi connectivity index (χ3v) is 3.47. The highest BCUT2D eigenvalue weighted by Gasteiger charge is 2.18. The van der Waals surface area contributed by atoms with E-state index in [9.17, 15) is 5.11 Å². The van der Waals surface area contributed by atoms with Crippen LogP contribution in [0.3, 0.4) is 0 Å². The topological polar surface area (TPSA) is 38.1 Å². The van der Waals surface area contributed by atoms with Crippen molar-refractivity contribution in [3.63, 3.8) is 0 Å². The van der Waals surface area contributed by atoms with E-state index in [1.54, 1.807) is 12.1 Å². The van der Waals surface area contributed by atoms with Gasteiger partial charge in [0.1, 0.15) is 11.6 Å². The third kappa shape index (κ3) is 1.82. The summed E-state index contributed by atoms with van der Waals surface area (Å²) in [6.07, 6.45) is 5.67. The van der Waals surface area contributed by atoms with Crippen LogP contribution in [-0.2, 0) is 6.42 Å². The Morgan fingerprint density at radius 2 is 2.06 bits per heavy atom. The van der Waals surface area contributed by atoms with Crippen molar-refractivity contribution in [2.24, 2.45) is 0 Å². The first kappa shape index (κ1) is 10.4. The zero-order valence-electron chi connectivity index (χ0n) is 9.93. The van der Waals surface area contributed by atoms with Gasteiger partial charge in [0.25, 0.3) is 0 Å². The molecule has 1 aromatic heterocycles. The Morgan fingerprint density at radius 1 is 1.29 bits per heavy atom. The first-order chi connectivity index (χ1) is 8.24. The quantitative estimate of drug-likeness (QED) is 0.814. The number of benzene rings is 1. The SMILES string of the molecule is CC1CCCc2nc(-c3ccc(O)cc3)cn21. The molecule has 1 atom stereocenters. The average molecular weight is 228 g/mol. The van der Waals surface area contributed by atoms with Crippen molar-refractivity contribution < 1.29 is 5.11 Å². The molecule has 0 fully saturated rings. The Hall–Kier alpha value is -1.77. The van der Waals surface area contributed by atoms with Gasteiger partial charge in [0.05, 0.1) is 5.69 Å². The van der Waals surface area contributed by atoms with Gasteiger partial charge in [-0.15, -0.1) is 0 Å². The summed E-state index contributed by atoms with van der Waals surface area (Å²) in [5.41, 5.74) is 2.07. The molecule has 1 aliphatic rings. The summed E-state index contributed by atoms with van der Waals surface area (Å²) < 4.78 is 2.28. The average Bonchev–Trinajstić information content (AvgIpc) is 2.75. The van der Waals surface area contributed by atoms with Crippen LogP contribution < -0.4 is 0 Å². The third-order valence-electron chi connectivity index (χ3n) is 3.47. The summed E-state index contributed by atoms with van der Waals surface area (Å²) in [5.74, 6) is 1.48. The number of hydrogen-bond donors (Lipinski definition) is 1. The fourth-order valence-electron chi connectivity index (χ4n) is 2.46. The molecule has 0 saturated carbocycles. The molecule has 88 valence electrons. The lowest BCUT2D eigenvalue weighted by molar-refractivity contribution is 0.426. The van der Waals surface area contributed by atoms with E-state index in [1.165, 1.54) is 18.7 Å². The highest BCUT2D eigenvalue weighted by atomic mass is 16.3. The van der Waals surface area contributed by atoms with Crippen molar-refractivity contribution in [3.05, 3.63) is 36.3 Å². The van der Waals surface area contributed by atoms with Crippen molar-refractivity contribution in [2.45, 2.75) is 32.2 Å². The van der Waals surface area contributed by atoms with Gasteiger partial charge in [-0.25, -0.2) is 4.98 Å². The van der Waals surface area contributed by atoms with E-state index in [0.29, 0.717) is 11.8 Å². The first-order valence-electron chi connectivity index (χ1n) is 6.11. The van der Waals surface area contributed by atoms with Crippen molar-refractivity contribution in [2.75, 3.05) is 0 Å². The van der Waals surface area contributed by atoms with Crippen molar-refractivity contribution >= 4 is 0 Å². The molecular formula is C14H16N2O. The van der Waals surface area contributed by atoms with Crippen LogP contribution in [0.5, 0.6) is 5.75 Å². The number of aromatic nitrogens is 2. The van der Waals surface area contributed by atoms with Crippen LogP contribution in [0.4, 0.5) is 0 Å². The zero-order valence-corrected chi connectivity index (χ0v) is 9.93. The monoisotopic (exact) mass is 228 g/mol. The summed E-state index contributed by atoms with van der Waals surface area (Å²) >= 11 is 0. The minimum absolute atomic E-state index is 0.297. The number of imidazole rings is 1. The molecule has 3 rings (SSSR count). The maximum absolute atomic E-state index is 9.28. The van der Waals surface area contributed by atoms with Crippen LogP contribution in [-0.4, -0.2) is 14.7 Å². The molecular weight excluding hydrogens is 212 g/mol. The molecule has 3 nitrogen and oxygen atoms in total. The number of aryl methyl sites for hydroxylation is 1. The molecule has 2 aromatic rings. The van der Waals surface area contributed by atoms with Crippen molar-refractivity contribution in [1.29, 1.82) is 0 Å². The summed E-state index contributed by atoms with van der Waals surface area (Å²) in [7, 11) is 0. The molecule has 3 heteroatoms. The fraction of sp³-hybridized carbons (Fsp3) is 0.357. The van der Waals surface area contributed by atoms with Crippen LogP contribution in [0.25, 0.3) is 11.3 Å². The normalized spacial score (nSPS) is 19.0. The predicted molar refractivity (Wildman–Crippen MR) is 67.0 cm³/mol. The molecule has 0 aliphatic carbocycles. The standard InChI is InChI=1S/C14H16N2O/c1-10-3-2-4-14-15-13(9-16(10)14)11-5-7-12(17)8-6-11/h5-10,17H,2-4H2,1H3. The van der Waals surface area contributed by atoms with Gasteiger partial charge in [-0.2, -0.15) is 0 Å². The Kier molecular flexibility index (Phi) is 2.39. The van der Waals surface area contributed by atoms with E-state index in [4.69, 9.17) is 0 Å². The Bertz CT molecular complexity index is 528. The molecule has 1 N–H and O–H groups in total. The van der Waals surface area contributed by atoms with Crippen LogP contribution >= 0.6 is 0 Å². The smallest absolute Gasteiger partial charge is 0.115 e. The van der Waals surface area contributed by atoms with Gasteiger partial charge < -0.3 is 9.67 Å². The zero-order chi connectivity index (χ0) is 11.8. The van der Waals surface area contributed by atoms with E-state index < -0.39 is 0 Å². The minimum Gasteiger partial charge on any atom is -0.508 e. The molecule has 0 bridgehead atoms. The van der Waals surface area contributed by atoms with Crippen LogP contribution in [0, 0.1) is 0 Å². The highest BCUT2D eigenvalue weighted by molar-refractivity contribution is 5.59. The molecule has 1 aromatic carbocycles. The maximum atomic E-state index is 9.28. The summed E-state index contributed by atoms with van der Waals surface area (Å²) in [4.78, 5) is 4.68. The van der Waals surface area contributed by atoms with Gasteiger partial charge >= 0.3 is 0 Å². The second-order valence-electron chi connectivity index (χ2n) is 4.74. The lowest BCUT2D eigenvalue weighted by Crippen LogP contribution is -2.14. The molecule has 17 heavy (non-hydrogen) atoms. The number of rotatable bonds is 1. The number of phenolic OH excluding ortho intramolecular Hbond substituents is 1. The summed E-state index contributed by atoms with van der Waals surface area (Å²) in [5, 5.41) is 9.28. The lowest BCUT2D eigenvalue weighted by atomic mass is 10.1. The van der Waals surface area contributed by atoms with Crippen LogP contribution in [0.1, 0.15) is 31.6 Å². The molecule has 0 spiro atoms. The van der Waals surface area contributed by atoms with E-state index >= 15 is 0 Å². The largest absolute Gasteiger partial charge is 0.508 e. The van der Waals surface area contributed by atoms with Gasteiger partial charge in [-0.05, 0) is 44.0 Å². The first-order valence-corrected chi connectivity index (χ1v) is 6.11. The number of nitrogens with zero attached hydrogens (tertiary/aromatic N) is 2. The maximum Gasteiger partial charge on any atom is 0.115 e. The lowest BCUT2D eigenvalue weighted by Gasteiger charge is -2.20. The summed E-state index contributed by atoms with van der Waals surface area (Å²) in [6, 6.07) is 7.79. The van der Waals surface area contributed by atoms with E-state index in [2.05, 4.69) is 22.7 Å². The number of aromatic hydroxyl groups is 1. The van der Waals surface area contributed by atoms with E-state index in [0.717, 1.165) is 17.7 Å². The van der Waals surface area contributed by atoms with Crippen molar-refractivity contribution in [1.82, 2.24) is 9.55 Å². The van der Waals surface area contributed by atoms with Crippen molar-refractivity contribution in [3.8, 4) is 17.0 Å². The number of phenols is 1. The second kappa shape index (κ2) is 3.91. The molecule has 1 aliphatic heterocycles. The van der Waals surface area contributed by atoms with Crippen LogP contribution in [0.2, 0.25) is 0 Å². The van der Waals surface area contributed by atoms with Gasteiger partial charge in [0, 0.05) is 24.2 Å². The summed E-state index contributed by atoms with van der Waals surface area (Å²) in [6.45, 7) is 2.24. The fourth-order valence-corrected chi connectivity index (χ4v) is 2.46. The molecule has 2 heterocycles. The molecule has 0 saturated heterocycles. The number of fused-ring (bicyclic) bond motifs is 1. The van der Waals surface area contributed by atoms with E-state index in [-0.39, 0.29) is 0 Å². The van der Waals surface area contributed by atoms with E-state index in [1.807, 2.05) is 12.1 Å². The van der Waals surface area contributed by atoms with Gasteiger partial charge in [0.2, 0.25) is 0 Å². The predicted octanol–water partition coefficient (Wildman–Crippen LogP) is 3.15. The Balaban J connectivity index is 2.02. The number of hydrogen-bond acceptors (Lipinski definition) is 2. The Morgan fingerprint density at radius 3 is 2.76 bits per heavy atom. The second-order valence-corrected chi connectivity index (χ2v) is 4.74. The Labute approximate surface area is 101 Å². The van der Waals surface area contributed by atoms with Gasteiger partial charge in [-0.3, -0.25) is 0 Å².